The molecule has 0 saturated heterocycles. The van der Waals surface area contributed by atoms with E-state index in [4.69, 9.17) is 0 Å². The zero-order chi connectivity index (χ0) is 14.7. The number of nitrogens with zero attached hydrogens (tertiary/aromatic N) is 1. The first-order valence-corrected chi connectivity index (χ1v) is 6.50. The monoisotopic (exact) mass is 275 g/mol. The van der Waals surface area contributed by atoms with E-state index in [1.54, 1.807) is 26.0 Å². The third-order valence-corrected chi connectivity index (χ3v) is 3.81. The van der Waals surface area contributed by atoms with Crippen LogP contribution in [-0.2, 0) is 4.79 Å². The van der Waals surface area contributed by atoms with Crippen molar-refractivity contribution in [1.82, 2.24) is 4.90 Å². The van der Waals surface area contributed by atoms with Gasteiger partial charge in [-0.2, -0.15) is 13.2 Å². The molecule has 1 amide bonds. The fourth-order valence-corrected chi connectivity index (χ4v) is 2.40. The minimum Gasteiger partial charge on any atom is -0.342 e. The van der Waals surface area contributed by atoms with Crippen molar-refractivity contribution in [2.24, 2.45) is 11.3 Å². The molecule has 0 spiro atoms. The summed E-state index contributed by atoms with van der Waals surface area (Å²) in [6, 6.07) is 0. The van der Waals surface area contributed by atoms with Gasteiger partial charge < -0.3 is 4.90 Å². The summed E-state index contributed by atoms with van der Waals surface area (Å²) in [6.07, 6.45) is 1.96. The minimum absolute atomic E-state index is 0.0967. The van der Waals surface area contributed by atoms with E-state index in [2.05, 4.69) is 0 Å². The summed E-state index contributed by atoms with van der Waals surface area (Å²) < 4.78 is 39.2. The summed E-state index contributed by atoms with van der Waals surface area (Å²) >= 11 is 0. The van der Waals surface area contributed by atoms with Gasteiger partial charge in [0, 0.05) is 13.1 Å². The second kappa shape index (κ2) is 5.80. The van der Waals surface area contributed by atoms with Crippen LogP contribution in [0.5, 0.6) is 0 Å². The van der Waals surface area contributed by atoms with Crippen molar-refractivity contribution in [3.8, 4) is 0 Å². The first-order valence-electron chi connectivity index (χ1n) is 6.50. The Labute approximate surface area is 112 Å². The van der Waals surface area contributed by atoms with Crippen LogP contribution in [0.15, 0.2) is 24.3 Å². The number of amides is 1. The van der Waals surface area contributed by atoms with E-state index in [9.17, 15) is 18.0 Å². The average Bonchev–Trinajstić information content (AvgIpc) is 2.39. The Hall–Kier alpha value is -1.26. The molecule has 1 aliphatic carbocycles. The molecule has 0 fully saturated rings. The third-order valence-electron chi connectivity index (χ3n) is 3.81. The molecule has 2 nitrogen and oxygen atoms in total. The summed E-state index contributed by atoms with van der Waals surface area (Å²) in [5, 5.41) is 0. The van der Waals surface area contributed by atoms with Gasteiger partial charge in [-0.25, -0.2) is 0 Å². The molecular formula is C14H20F3NO. The molecule has 19 heavy (non-hydrogen) atoms. The first kappa shape index (κ1) is 15.8. The molecule has 0 bridgehead atoms. The van der Waals surface area contributed by atoms with Crippen LogP contribution in [0, 0.1) is 11.3 Å². The van der Waals surface area contributed by atoms with Crippen molar-refractivity contribution in [2.45, 2.75) is 33.4 Å². The zero-order valence-electron chi connectivity index (χ0n) is 11.5. The van der Waals surface area contributed by atoms with Crippen LogP contribution >= 0.6 is 0 Å². The molecule has 108 valence electrons. The van der Waals surface area contributed by atoms with Gasteiger partial charge in [-0.05, 0) is 20.3 Å². The molecule has 0 N–H and O–H groups in total. The molecule has 0 aliphatic heterocycles. The van der Waals surface area contributed by atoms with Gasteiger partial charge in [-0.1, -0.05) is 31.2 Å². The Balaban J connectivity index is 3.18. The number of hydrogen-bond acceptors (Lipinski definition) is 1. The largest absolute Gasteiger partial charge is 0.392 e. The van der Waals surface area contributed by atoms with Crippen LogP contribution in [0.3, 0.4) is 0 Å². The van der Waals surface area contributed by atoms with Gasteiger partial charge in [0.2, 0.25) is 5.91 Å². The van der Waals surface area contributed by atoms with E-state index in [1.807, 2.05) is 0 Å². The Morgan fingerprint density at radius 1 is 1.32 bits per heavy atom. The maximum Gasteiger partial charge on any atom is 0.392 e. The lowest BCUT2D eigenvalue weighted by atomic mass is 9.70. The number of halogens is 3. The highest BCUT2D eigenvalue weighted by molar-refractivity contribution is 5.85. The maximum atomic E-state index is 13.1. The molecule has 2 unspecified atom stereocenters. The van der Waals surface area contributed by atoms with Crippen LogP contribution in [-0.4, -0.2) is 30.1 Å². The maximum absolute atomic E-state index is 13.1. The van der Waals surface area contributed by atoms with E-state index in [0.29, 0.717) is 13.1 Å². The predicted octanol–water partition coefficient (Wildman–Crippen LogP) is 3.56. The van der Waals surface area contributed by atoms with Crippen LogP contribution < -0.4 is 0 Å². The van der Waals surface area contributed by atoms with Crippen molar-refractivity contribution in [2.75, 3.05) is 13.1 Å². The van der Waals surface area contributed by atoms with Gasteiger partial charge in [-0.15, -0.1) is 0 Å². The van der Waals surface area contributed by atoms with E-state index >= 15 is 0 Å². The molecule has 1 aliphatic rings. The normalized spacial score (nSPS) is 24.3. The fraction of sp³-hybridized carbons (Fsp3) is 0.643. The number of allylic oxidation sites excluding steroid dienone is 3. The molecule has 1 rings (SSSR count). The number of carbonyl (C=O) groups is 1. The number of alkyl halides is 3. The highest BCUT2D eigenvalue weighted by atomic mass is 19.4. The van der Waals surface area contributed by atoms with Crippen molar-refractivity contribution in [3.63, 3.8) is 0 Å². The molecule has 0 aromatic carbocycles. The summed E-state index contributed by atoms with van der Waals surface area (Å²) in [5.74, 6) is -2.14. The summed E-state index contributed by atoms with van der Waals surface area (Å²) in [6.45, 7) is 5.47. The SMILES string of the molecule is CCN(CC)C(=O)C1(C(C)C(F)(F)F)C=CC=CC1. The molecule has 0 aromatic heterocycles. The van der Waals surface area contributed by atoms with E-state index in [1.165, 1.54) is 17.1 Å². The second-order valence-corrected chi connectivity index (χ2v) is 4.77. The number of hydrogen-bond donors (Lipinski definition) is 0. The van der Waals surface area contributed by atoms with E-state index < -0.39 is 23.4 Å². The Morgan fingerprint density at radius 2 is 1.89 bits per heavy atom. The van der Waals surface area contributed by atoms with Crippen LogP contribution in [0.25, 0.3) is 0 Å². The third kappa shape index (κ3) is 3.01. The molecule has 0 saturated carbocycles. The molecule has 0 radical (unpaired) electrons. The minimum atomic E-state index is -4.39. The Bertz CT molecular complexity index is 383. The molecule has 0 aromatic rings. The zero-order valence-corrected chi connectivity index (χ0v) is 11.5. The fourth-order valence-electron chi connectivity index (χ4n) is 2.40. The Morgan fingerprint density at radius 3 is 2.26 bits per heavy atom. The van der Waals surface area contributed by atoms with Crippen molar-refractivity contribution in [1.29, 1.82) is 0 Å². The van der Waals surface area contributed by atoms with Crippen LogP contribution in [0.4, 0.5) is 13.2 Å². The van der Waals surface area contributed by atoms with Crippen LogP contribution in [0.2, 0.25) is 0 Å². The topological polar surface area (TPSA) is 20.3 Å². The van der Waals surface area contributed by atoms with Crippen molar-refractivity contribution in [3.05, 3.63) is 24.3 Å². The lowest BCUT2D eigenvalue weighted by Gasteiger charge is -2.40. The van der Waals surface area contributed by atoms with E-state index in [0.717, 1.165) is 6.92 Å². The average molecular weight is 275 g/mol. The summed E-state index contributed by atoms with van der Waals surface area (Å²) in [4.78, 5) is 14.0. The number of carbonyl (C=O) groups excluding carboxylic acids is 1. The first-order chi connectivity index (χ1) is 8.79. The quantitative estimate of drug-likeness (QED) is 0.768. The van der Waals surface area contributed by atoms with Crippen molar-refractivity contribution < 1.29 is 18.0 Å². The second-order valence-electron chi connectivity index (χ2n) is 4.77. The standard InChI is InChI=1S/C14H20F3NO/c1-4-18(5-2)12(19)13(9-7-6-8-10-13)11(3)14(15,16)17/h6-9,11H,4-5,10H2,1-3H3. The van der Waals surface area contributed by atoms with Crippen LogP contribution in [0.1, 0.15) is 27.2 Å². The van der Waals surface area contributed by atoms with Gasteiger partial charge in [0.1, 0.15) is 0 Å². The van der Waals surface area contributed by atoms with Gasteiger partial charge in [0.25, 0.3) is 0 Å². The summed E-state index contributed by atoms with van der Waals surface area (Å²) in [7, 11) is 0. The highest BCUT2D eigenvalue weighted by Gasteiger charge is 2.54. The number of rotatable bonds is 4. The molecule has 0 heterocycles. The smallest absolute Gasteiger partial charge is 0.342 e. The lowest BCUT2D eigenvalue weighted by Crippen LogP contribution is -2.50. The molecule has 5 heteroatoms. The predicted molar refractivity (Wildman–Crippen MR) is 68.5 cm³/mol. The van der Waals surface area contributed by atoms with E-state index in [-0.39, 0.29) is 6.42 Å². The lowest BCUT2D eigenvalue weighted by molar-refractivity contribution is -0.200. The van der Waals surface area contributed by atoms with Gasteiger partial charge in [-0.3, -0.25) is 4.79 Å². The molecular weight excluding hydrogens is 255 g/mol. The van der Waals surface area contributed by atoms with Gasteiger partial charge in [0.05, 0.1) is 11.3 Å². The highest BCUT2D eigenvalue weighted by Crippen LogP contribution is 2.46. The van der Waals surface area contributed by atoms with Gasteiger partial charge in [0.15, 0.2) is 0 Å². The van der Waals surface area contributed by atoms with Crippen molar-refractivity contribution >= 4 is 5.91 Å². The Kier molecular flexibility index (Phi) is 4.82. The summed E-state index contributed by atoms with van der Waals surface area (Å²) in [5.41, 5.74) is -1.50. The van der Waals surface area contributed by atoms with Gasteiger partial charge >= 0.3 is 6.18 Å². The molecule has 2 atom stereocenters.